The van der Waals surface area contributed by atoms with Crippen molar-refractivity contribution in [3.63, 3.8) is 0 Å². The molecule has 1 unspecified atom stereocenters. The molecule has 1 aromatic heterocycles. The number of benzene rings is 1. The highest BCUT2D eigenvalue weighted by atomic mass is 35.5. The third-order valence-corrected chi connectivity index (χ3v) is 4.88. The van der Waals surface area contributed by atoms with Crippen LogP contribution in [0.1, 0.15) is 30.3 Å². The number of rotatable bonds is 5. The van der Waals surface area contributed by atoms with Crippen LogP contribution in [0.2, 0.25) is 5.15 Å². The number of hydrogen-bond acceptors (Lipinski definition) is 4. The molecule has 1 aliphatic heterocycles. The number of aromatic nitrogens is 2. The maximum absolute atomic E-state index is 6.10. The molecular formula is C17H22ClN3O2. The van der Waals surface area contributed by atoms with Crippen LogP contribution >= 0.6 is 11.6 Å². The third-order valence-electron chi connectivity index (χ3n) is 4.53. The van der Waals surface area contributed by atoms with Crippen molar-refractivity contribution >= 4 is 11.6 Å². The predicted octanol–water partition coefficient (Wildman–Crippen LogP) is 3.43. The molecule has 5 nitrogen and oxygen atoms in total. The van der Waals surface area contributed by atoms with E-state index in [9.17, 15) is 0 Å². The summed E-state index contributed by atoms with van der Waals surface area (Å²) in [4.78, 5) is 6.84. The molecule has 124 valence electrons. The van der Waals surface area contributed by atoms with E-state index in [1.54, 1.807) is 20.4 Å². The van der Waals surface area contributed by atoms with E-state index in [1.165, 1.54) is 5.56 Å². The molecule has 0 aliphatic carbocycles. The quantitative estimate of drug-likeness (QED) is 0.839. The molecule has 1 aromatic carbocycles. The van der Waals surface area contributed by atoms with Crippen molar-refractivity contribution in [2.45, 2.75) is 25.4 Å². The van der Waals surface area contributed by atoms with Crippen molar-refractivity contribution < 1.29 is 9.47 Å². The van der Waals surface area contributed by atoms with Gasteiger partial charge in [0.05, 0.1) is 27.0 Å². The monoisotopic (exact) mass is 335 g/mol. The summed E-state index contributed by atoms with van der Waals surface area (Å²) in [5, 5.41) is 0.662. The number of nitrogens with zero attached hydrogens (tertiary/aromatic N) is 3. The van der Waals surface area contributed by atoms with Crippen LogP contribution in [0.25, 0.3) is 0 Å². The molecule has 1 saturated heterocycles. The van der Waals surface area contributed by atoms with Crippen molar-refractivity contribution in [3.05, 3.63) is 40.9 Å². The van der Waals surface area contributed by atoms with E-state index in [0.717, 1.165) is 43.3 Å². The van der Waals surface area contributed by atoms with Crippen LogP contribution < -0.4 is 9.47 Å². The Morgan fingerprint density at radius 1 is 1.30 bits per heavy atom. The highest BCUT2D eigenvalue weighted by molar-refractivity contribution is 6.29. The Labute approximate surface area is 141 Å². The predicted molar refractivity (Wildman–Crippen MR) is 90.1 cm³/mol. The molecule has 0 spiro atoms. The summed E-state index contributed by atoms with van der Waals surface area (Å²) in [6.45, 7) is 1.81. The number of ether oxygens (including phenoxy) is 2. The lowest BCUT2D eigenvalue weighted by Gasteiger charge is -2.26. The molecule has 6 heteroatoms. The Kier molecular flexibility index (Phi) is 4.78. The van der Waals surface area contributed by atoms with E-state index in [1.807, 2.05) is 23.7 Å². The molecule has 0 saturated carbocycles. The smallest absolute Gasteiger partial charge is 0.128 e. The van der Waals surface area contributed by atoms with Crippen LogP contribution in [-0.2, 0) is 13.6 Å². The highest BCUT2D eigenvalue weighted by Crippen LogP contribution is 2.39. The van der Waals surface area contributed by atoms with Crippen LogP contribution in [0, 0.1) is 0 Å². The van der Waals surface area contributed by atoms with Gasteiger partial charge >= 0.3 is 0 Å². The minimum atomic E-state index is 0.301. The van der Waals surface area contributed by atoms with Crippen molar-refractivity contribution in [2.24, 2.45) is 7.05 Å². The summed E-state index contributed by atoms with van der Waals surface area (Å²) in [6, 6.07) is 6.28. The minimum Gasteiger partial charge on any atom is -0.497 e. The number of hydrogen-bond donors (Lipinski definition) is 0. The van der Waals surface area contributed by atoms with Gasteiger partial charge in [-0.1, -0.05) is 11.6 Å². The summed E-state index contributed by atoms with van der Waals surface area (Å²) < 4.78 is 12.9. The van der Waals surface area contributed by atoms with E-state index in [0.29, 0.717) is 11.2 Å². The van der Waals surface area contributed by atoms with Crippen molar-refractivity contribution in [2.75, 3.05) is 20.8 Å². The Morgan fingerprint density at radius 2 is 2.13 bits per heavy atom. The third kappa shape index (κ3) is 3.16. The second-order valence-corrected chi connectivity index (χ2v) is 6.18. The van der Waals surface area contributed by atoms with Gasteiger partial charge in [-0.3, -0.25) is 4.90 Å². The van der Waals surface area contributed by atoms with Crippen molar-refractivity contribution in [1.82, 2.24) is 14.5 Å². The van der Waals surface area contributed by atoms with Gasteiger partial charge in [0, 0.05) is 18.7 Å². The average molecular weight is 336 g/mol. The molecule has 1 atom stereocenters. The SMILES string of the molecule is COc1ccc(OC)c(C2CCCN2Cc2ncc(Cl)n2C)c1. The summed E-state index contributed by atoms with van der Waals surface area (Å²) in [7, 11) is 5.35. The zero-order chi connectivity index (χ0) is 16.4. The fourth-order valence-corrected chi connectivity index (χ4v) is 3.37. The van der Waals surface area contributed by atoms with Gasteiger partial charge in [-0.2, -0.15) is 0 Å². The van der Waals surface area contributed by atoms with Gasteiger partial charge in [-0.15, -0.1) is 0 Å². The molecule has 3 rings (SSSR count). The van der Waals surface area contributed by atoms with E-state index in [-0.39, 0.29) is 0 Å². The van der Waals surface area contributed by atoms with E-state index >= 15 is 0 Å². The van der Waals surface area contributed by atoms with Crippen LogP contribution in [0.5, 0.6) is 11.5 Å². The fraction of sp³-hybridized carbons (Fsp3) is 0.471. The number of likely N-dealkylation sites (tertiary alicyclic amines) is 1. The van der Waals surface area contributed by atoms with Crippen molar-refractivity contribution in [3.8, 4) is 11.5 Å². The zero-order valence-corrected chi connectivity index (χ0v) is 14.5. The van der Waals surface area contributed by atoms with E-state index in [4.69, 9.17) is 21.1 Å². The van der Waals surface area contributed by atoms with Crippen LogP contribution in [0.3, 0.4) is 0 Å². The van der Waals surface area contributed by atoms with Gasteiger partial charge in [0.2, 0.25) is 0 Å². The second-order valence-electron chi connectivity index (χ2n) is 5.79. The normalized spacial score (nSPS) is 18.3. The summed E-state index contributed by atoms with van der Waals surface area (Å²) in [5.74, 6) is 2.73. The van der Waals surface area contributed by atoms with Crippen molar-refractivity contribution in [1.29, 1.82) is 0 Å². The Bertz CT molecular complexity index is 686. The van der Waals surface area contributed by atoms with Crippen LogP contribution in [-0.4, -0.2) is 35.2 Å². The molecule has 1 aliphatic rings. The molecule has 1 fully saturated rings. The first-order valence-electron chi connectivity index (χ1n) is 7.76. The molecule has 0 bridgehead atoms. The number of imidazole rings is 1. The molecular weight excluding hydrogens is 314 g/mol. The fourth-order valence-electron chi connectivity index (χ4n) is 3.22. The van der Waals surface area contributed by atoms with Gasteiger partial charge in [-0.05, 0) is 37.6 Å². The molecule has 0 amide bonds. The van der Waals surface area contributed by atoms with Crippen LogP contribution in [0.15, 0.2) is 24.4 Å². The summed E-state index contributed by atoms with van der Waals surface area (Å²) >= 11 is 6.10. The number of halogens is 1. The maximum atomic E-state index is 6.10. The zero-order valence-electron chi connectivity index (χ0n) is 13.8. The van der Waals surface area contributed by atoms with Gasteiger partial charge in [0.1, 0.15) is 22.5 Å². The molecule has 23 heavy (non-hydrogen) atoms. The van der Waals surface area contributed by atoms with E-state index in [2.05, 4.69) is 16.0 Å². The lowest BCUT2D eigenvalue weighted by atomic mass is 10.0. The molecule has 2 heterocycles. The second kappa shape index (κ2) is 6.81. The Balaban J connectivity index is 1.88. The van der Waals surface area contributed by atoms with Gasteiger partial charge in [-0.25, -0.2) is 4.98 Å². The number of methoxy groups -OCH3 is 2. The summed E-state index contributed by atoms with van der Waals surface area (Å²) in [6.07, 6.45) is 3.96. The lowest BCUT2D eigenvalue weighted by molar-refractivity contribution is 0.234. The first kappa shape index (κ1) is 16.1. The first-order valence-corrected chi connectivity index (χ1v) is 8.14. The summed E-state index contributed by atoms with van der Waals surface area (Å²) in [5.41, 5.74) is 1.17. The molecule has 0 radical (unpaired) electrons. The Hall–Kier alpha value is -1.72. The topological polar surface area (TPSA) is 39.5 Å². The van der Waals surface area contributed by atoms with Crippen LogP contribution in [0.4, 0.5) is 0 Å². The van der Waals surface area contributed by atoms with Gasteiger partial charge in [0.25, 0.3) is 0 Å². The lowest BCUT2D eigenvalue weighted by Crippen LogP contribution is -2.24. The molecule has 2 aromatic rings. The maximum Gasteiger partial charge on any atom is 0.128 e. The van der Waals surface area contributed by atoms with Gasteiger partial charge in [0.15, 0.2) is 0 Å². The van der Waals surface area contributed by atoms with E-state index < -0.39 is 0 Å². The average Bonchev–Trinajstić information content (AvgIpc) is 3.16. The Morgan fingerprint density at radius 3 is 2.78 bits per heavy atom. The van der Waals surface area contributed by atoms with Gasteiger partial charge < -0.3 is 14.0 Å². The largest absolute Gasteiger partial charge is 0.497 e. The standard InChI is InChI=1S/C17H22ClN3O2/c1-20-16(18)10-19-17(20)11-21-8-4-5-14(21)13-9-12(22-2)6-7-15(13)23-3/h6-7,9-10,14H,4-5,8,11H2,1-3H3. The highest BCUT2D eigenvalue weighted by Gasteiger charge is 2.29. The minimum absolute atomic E-state index is 0.301. The molecule has 0 N–H and O–H groups in total. The first-order chi connectivity index (χ1) is 11.1.